The highest BCUT2D eigenvalue weighted by atomic mass is 35.5. The normalized spacial score (nSPS) is 11.5. The summed E-state index contributed by atoms with van der Waals surface area (Å²) in [5.74, 6) is 0.226. The number of hydrogen-bond donors (Lipinski definition) is 3. The van der Waals surface area contributed by atoms with E-state index in [1.807, 2.05) is 0 Å². The molecule has 2 rings (SSSR count). The molecule has 0 atom stereocenters. The van der Waals surface area contributed by atoms with Gasteiger partial charge in [0.15, 0.2) is 0 Å². The molecule has 0 aromatic heterocycles. The Hall–Kier alpha value is -1.18. The smallest absolute Gasteiger partial charge is 0.243 e. The average molecular weight is 438 g/mol. The molecule has 0 fully saturated rings. The summed E-state index contributed by atoms with van der Waals surface area (Å²) in [7, 11) is -3.79. The number of nitrogens with one attached hydrogen (secondary N) is 2. The van der Waals surface area contributed by atoms with E-state index in [2.05, 4.69) is 10.0 Å². The second kappa shape index (κ2) is 9.67. The lowest BCUT2D eigenvalue weighted by Crippen LogP contribution is -2.25. The summed E-state index contributed by atoms with van der Waals surface area (Å²) >= 11 is 17.7. The van der Waals surface area contributed by atoms with Gasteiger partial charge in [-0.3, -0.25) is 0 Å². The van der Waals surface area contributed by atoms with Crippen LogP contribution >= 0.6 is 34.8 Å². The molecule has 0 saturated heterocycles. The van der Waals surface area contributed by atoms with Crippen LogP contribution in [0.25, 0.3) is 0 Å². The Morgan fingerprint density at radius 3 is 2.08 bits per heavy atom. The van der Waals surface area contributed by atoms with E-state index < -0.39 is 10.0 Å². The van der Waals surface area contributed by atoms with E-state index in [0.717, 1.165) is 25.1 Å². The van der Waals surface area contributed by atoms with Gasteiger partial charge in [-0.1, -0.05) is 41.2 Å². The number of sulfonamides is 1. The van der Waals surface area contributed by atoms with Crippen molar-refractivity contribution in [2.45, 2.75) is 24.2 Å². The predicted molar refractivity (Wildman–Crippen MR) is 107 cm³/mol. The summed E-state index contributed by atoms with van der Waals surface area (Å²) < 4.78 is 27.2. The van der Waals surface area contributed by atoms with Crippen molar-refractivity contribution in [3.63, 3.8) is 0 Å². The maximum Gasteiger partial charge on any atom is 0.243 e. The quantitative estimate of drug-likeness (QED) is 0.384. The summed E-state index contributed by atoms with van der Waals surface area (Å²) in [4.78, 5) is -0.153. The molecule has 2 aromatic rings. The highest BCUT2D eigenvalue weighted by Crippen LogP contribution is 2.32. The number of anilines is 1. The van der Waals surface area contributed by atoms with E-state index in [4.69, 9.17) is 34.8 Å². The van der Waals surface area contributed by atoms with Gasteiger partial charge in [0, 0.05) is 23.8 Å². The Balaban J connectivity index is 1.73. The van der Waals surface area contributed by atoms with E-state index >= 15 is 0 Å². The highest BCUT2D eigenvalue weighted by molar-refractivity contribution is 7.89. The minimum Gasteiger partial charge on any atom is -0.508 e. The van der Waals surface area contributed by atoms with Crippen LogP contribution in [0, 0.1) is 0 Å². The van der Waals surface area contributed by atoms with Gasteiger partial charge >= 0.3 is 0 Å². The number of hydrogen-bond acceptors (Lipinski definition) is 4. The summed E-state index contributed by atoms with van der Waals surface area (Å²) in [5, 5.41) is 12.7. The Bertz CT molecular complexity index is 820. The first-order valence-corrected chi connectivity index (χ1v) is 10.6. The molecule has 0 spiro atoms. The fraction of sp³-hybridized carbons (Fsp3) is 0.294. The van der Waals surface area contributed by atoms with E-state index in [-0.39, 0.29) is 32.3 Å². The van der Waals surface area contributed by atoms with Crippen molar-refractivity contribution in [2.75, 3.05) is 18.4 Å². The number of aromatic hydroxyl groups is 1. The Morgan fingerprint density at radius 1 is 0.885 bits per heavy atom. The summed E-state index contributed by atoms with van der Waals surface area (Å²) in [6.45, 7) is 1.04. The molecule has 0 aliphatic carbocycles. The number of phenols is 1. The first kappa shape index (κ1) is 21.1. The molecule has 0 aliphatic rings. The molecule has 3 N–H and O–H groups in total. The van der Waals surface area contributed by atoms with Crippen molar-refractivity contribution < 1.29 is 13.5 Å². The van der Waals surface area contributed by atoms with Crippen molar-refractivity contribution in [3.8, 4) is 5.75 Å². The van der Waals surface area contributed by atoms with Crippen LogP contribution < -0.4 is 10.0 Å². The van der Waals surface area contributed by atoms with Crippen LogP contribution in [0.3, 0.4) is 0 Å². The second-order valence-corrected chi connectivity index (χ2v) is 8.59. The zero-order valence-corrected chi connectivity index (χ0v) is 16.9. The third-order valence-electron chi connectivity index (χ3n) is 3.57. The Kier molecular flexibility index (Phi) is 7.85. The van der Waals surface area contributed by atoms with Gasteiger partial charge in [0.1, 0.15) is 10.6 Å². The van der Waals surface area contributed by atoms with Crippen molar-refractivity contribution in [1.82, 2.24) is 4.72 Å². The molecule has 0 amide bonds. The standard InChI is InChI=1S/C17H19Cl3N2O3S/c18-12-10-15(19)17(16(20)11-12)26(24,25)22-9-3-1-2-8-21-13-4-6-14(23)7-5-13/h4-7,10-11,21-23H,1-3,8-9H2. The molecule has 142 valence electrons. The molecule has 0 aliphatic heterocycles. The van der Waals surface area contributed by atoms with Crippen molar-refractivity contribution in [1.29, 1.82) is 0 Å². The lowest BCUT2D eigenvalue weighted by molar-refractivity contribution is 0.475. The number of benzene rings is 2. The van der Waals surface area contributed by atoms with Gasteiger partial charge in [0.25, 0.3) is 0 Å². The zero-order valence-electron chi connectivity index (χ0n) is 13.8. The van der Waals surface area contributed by atoms with Crippen LogP contribution in [0.5, 0.6) is 5.75 Å². The van der Waals surface area contributed by atoms with Crippen LogP contribution in [0.2, 0.25) is 15.1 Å². The van der Waals surface area contributed by atoms with E-state index in [1.165, 1.54) is 12.1 Å². The SMILES string of the molecule is O=S(=O)(NCCCCCNc1ccc(O)cc1)c1c(Cl)cc(Cl)cc1Cl. The lowest BCUT2D eigenvalue weighted by atomic mass is 10.2. The van der Waals surface area contributed by atoms with Gasteiger partial charge < -0.3 is 10.4 Å². The van der Waals surface area contributed by atoms with E-state index in [0.29, 0.717) is 6.42 Å². The number of halogens is 3. The molecule has 0 saturated carbocycles. The molecule has 0 bridgehead atoms. The molecule has 2 aromatic carbocycles. The minimum absolute atomic E-state index is 0.00639. The number of unbranched alkanes of at least 4 members (excludes halogenated alkanes) is 2. The van der Waals surface area contributed by atoms with Crippen LogP contribution in [-0.4, -0.2) is 26.6 Å². The number of phenolic OH excluding ortho intramolecular Hbond substituents is 1. The molecule has 0 radical (unpaired) electrons. The molecule has 0 heterocycles. The van der Waals surface area contributed by atoms with Gasteiger partial charge in [0.05, 0.1) is 10.0 Å². The monoisotopic (exact) mass is 436 g/mol. The predicted octanol–water partition coefficient (Wildman–Crippen LogP) is 4.91. The zero-order chi connectivity index (χ0) is 19.2. The lowest BCUT2D eigenvalue weighted by Gasteiger charge is -2.11. The number of rotatable bonds is 9. The molecular formula is C17H19Cl3N2O3S. The second-order valence-electron chi connectivity index (χ2n) is 5.63. The van der Waals surface area contributed by atoms with Crippen LogP contribution in [0.1, 0.15) is 19.3 Å². The average Bonchev–Trinajstić information content (AvgIpc) is 2.54. The first-order chi connectivity index (χ1) is 12.3. The maximum absolute atomic E-state index is 12.3. The third-order valence-corrected chi connectivity index (χ3v) is 6.17. The third kappa shape index (κ3) is 6.21. The Labute approximate surface area is 168 Å². The van der Waals surface area contributed by atoms with E-state index in [9.17, 15) is 13.5 Å². The van der Waals surface area contributed by atoms with Gasteiger partial charge in [-0.15, -0.1) is 0 Å². The summed E-state index contributed by atoms with van der Waals surface area (Å²) in [6.07, 6.45) is 2.40. The summed E-state index contributed by atoms with van der Waals surface area (Å²) in [6, 6.07) is 9.51. The van der Waals surface area contributed by atoms with Crippen LogP contribution in [0.15, 0.2) is 41.3 Å². The van der Waals surface area contributed by atoms with Crippen molar-refractivity contribution in [3.05, 3.63) is 51.5 Å². The first-order valence-electron chi connectivity index (χ1n) is 7.97. The topological polar surface area (TPSA) is 78.4 Å². The van der Waals surface area contributed by atoms with Gasteiger partial charge in [-0.25, -0.2) is 13.1 Å². The highest BCUT2D eigenvalue weighted by Gasteiger charge is 2.21. The molecule has 5 nitrogen and oxygen atoms in total. The van der Waals surface area contributed by atoms with Gasteiger partial charge in [0.2, 0.25) is 10.0 Å². The van der Waals surface area contributed by atoms with Crippen molar-refractivity contribution >= 4 is 50.5 Å². The molecule has 0 unspecified atom stereocenters. The van der Waals surface area contributed by atoms with Crippen molar-refractivity contribution in [2.24, 2.45) is 0 Å². The van der Waals surface area contributed by atoms with Crippen LogP contribution in [0.4, 0.5) is 5.69 Å². The summed E-state index contributed by atoms with van der Waals surface area (Å²) in [5.41, 5.74) is 0.926. The molecule has 9 heteroatoms. The minimum atomic E-state index is -3.79. The van der Waals surface area contributed by atoms with E-state index in [1.54, 1.807) is 24.3 Å². The largest absolute Gasteiger partial charge is 0.508 e. The fourth-order valence-corrected chi connectivity index (χ4v) is 4.92. The Morgan fingerprint density at radius 2 is 1.46 bits per heavy atom. The maximum atomic E-state index is 12.3. The molecular weight excluding hydrogens is 419 g/mol. The van der Waals surface area contributed by atoms with Gasteiger partial charge in [-0.05, 0) is 49.2 Å². The van der Waals surface area contributed by atoms with Crippen LogP contribution in [-0.2, 0) is 10.0 Å². The fourth-order valence-electron chi connectivity index (χ4n) is 2.30. The van der Waals surface area contributed by atoms with Gasteiger partial charge in [-0.2, -0.15) is 0 Å². The molecule has 26 heavy (non-hydrogen) atoms.